The van der Waals surface area contributed by atoms with Gasteiger partial charge in [-0.1, -0.05) is 13.3 Å². The smallest absolute Gasteiger partial charge is 0.126 e. The predicted octanol–water partition coefficient (Wildman–Crippen LogP) is 2.14. The third-order valence-electron chi connectivity index (χ3n) is 2.86. The highest BCUT2D eigenvalue weighted by atomic mass is 15.1. The summed E-state index contributed by atoms with van der Waals surface area (Å²) in [5.41, 5.74) is 7.14. The van der Waals surface area contributed by atoms with E-state index in [2.05, 4.69) is 16.5 Å². The van der Waals surface area contributed by atoms with Crippen LogP contribution in [0.2, 0.25) is 0 Å². The van der Waals surface area contributed by atoms with Gasteiger partial charge in [0.2, 0.25) is 0 Å². The monoisotopic (exact) mass is 179 g/mol. The van der Waals surface area contributed by atoms with Crippen molar-refractivity contribution in [2.24, 2.45) is 0 Å². The SMILES string of the molecule is CCCn1cnc(C2CCC2)c1N. The first kappa shape index (κ1) is 8.60. The summed E-state index contributed by atoms with van der Waals surface area (Å²) in [5, 5.41) is 0. The van der Waals surface area contributed by atoms with Gasteiger partial charge in [0.15, 0.2) is 0 Å². The predicted molar refractivity (Wildman–Crippen MR) is 53.5 cm³/mol. The van der Waals surface area contributed by atoms with Gasteiger partial charge in [-0.05, 0) is 19.3 Å². The summed E-state index contributed by atoms with van der Waals surface area (Å²) in [6.45, 7) is 3.15. The van der Waals surface area contributed by atoms with Crippen molar-refractivity contribution in [1.29, 1.82) is 0 Å². The average molecular weight is 179 g/mol. The van der Waals surface area contributed by atoms with E-state index in [9.17, 15) is 0 Å². The summed E-state index contributed by atoms with van der Waals surface area (Å²) in [4.78, 5) is 4.39. The minimum Gasteiger partial charge on any atom is -0.384 e. The second-order valence-corrected chi connectivity index (χ2v) is 3.84. The zero-order valence-electron chi connectivity index (χ0n) is 8.16. The Balaban J connectivity index is 2.17. The summed E-state index contributed by atoms with van der Waals surface area (Å²) < 4.78 is 2.06. The molecule has 1 fully saturated rings. The van der Waals surface area contributed by atoms with Gasteiger partial charge in [-0.3, -0.25) is 0 Å². The Morgan fingerprint density at radius 2 is 2.38 bits per heavy atom. The second-order valence-electron chi connectivity index (χ2n) is 3.84. The molecule has 0 spiro atoms. The molecule has 13 heavy (non-hydrogen) atoms. The van der Waals surface area contributed by atoms with Crippen LogP contribution in [0.25, 0.3) is 0 Å². The minimum absolute atomic E-state index is 0.651. The van der Waals surface area contributed by atoms with Crippen molar-refractivity contribution in [3.63, 3.8) is 0 Å². The van der Waals surface area contributed by atoms with Crippen molar-refractivity contribution in [2.75, 3.05) is 5.73 Å². The van der Waals surface area contributed by atoms with Crippen LogP contribution < -0.4 is 5.73 Å². The van der Waals surface area contributed by atoms with E-state index in [1.54, 1.807) is 0 Å². The topological polar surface area (TPSA) is 43.8 Å². The van der Waals surface area contributed by atoms with Gasteiger partial charge in [-0.25, -0.2) is 4.98 Å². The molecule has 0 saturated heterocycles. The highest BCUT2D eigenvalue weighted by Crippen LogP contribution is 2.37. The Kier molecular flexibility index (Phi) is 2.25. The first-order chi connectivity index (χ1) is 6.33. The van der Waals surface area contributed by atoms with E-state index in [1.165, 1.54) is 19.3 Å². The number of nitrogens with zero attached hydrogens (tertiary/aromatic N) is 2. The lowest BCUT2D eigenvalue weighted by molar-refractivity contribution is 0.413. The highest BCUT2D eigenvalue weighted by molar-refractivity contribution is 5.39. The molecule has 2 rings (SSSR count). The van der Waals surface area contributed by atoms with E-state index in [1.807, 2.05) is 6.33 Å². The Bertz CT molecular complexity index is 286. The van der Waals surface area contributed by atoms with Gasteiger partial charge in [-0.2, -0.15) is 0 Å². The molecule has 0 aromatic carbocycles. The number of nitrogens with two attached hydrogens (primary N) is 1. The van der Waals surface area contributed by atoms with Gasteiger partial charge in [0.25, 0.3) is 0 Å². The summed E-state index contributed by atoms with van der Waals surface area (Å²) in [6.07, 6.45) is 6.88. The van der Waals surface area contributed by atoms with Crippen LogP contribution in [-0.4, -0.2) is 9.55 Å². The highest BCUT2D eigenvalue weighted by Gasteiger charge is 2.24. The van der Waals surface area contributed by atoms with Crippen LogP contribution in [0, 0.1) is 0 Å². The molecule has 1 aromatic heterocycles. The van der Waals surface area contributed by atoms with Gasteiger partial charge >= 0.3 is 0 Å². The molecule has 0 unspecified atom stereocenters. The fraction of sp³-hybridized carbons (Fsp3) is 0.700. The third-order valence-corrected chi connectivity index (χ3v) is 2.86. The molecule has 1 aromatic rings. The number of imidazole rings is 1. The summed E-state index contributed by atoms with van der Waals surface area (Å²) >= 11 is 0. The molecular weight excluding hydrogens is 162 g/mol. The van der Waals surface area contributed by atoms with Crippen LogP contribution in [0.5, 0.6) is 0 Å². The normalized spacial score (nSPS) is 17.3. The quantitative estimate of drug-likeness (QED) is 0.772. The lowest BCUT2D eigenvalue weighted by Gasteiger charge is -2.24. The van der Waals surface area contributed by atoms with E-state index < -0.39 is 0 Å². The van der Waals surface area contributed by atoms with Crippen LogP contribution in [0.1, 0.15) is 44.2 Å². The summed E-state index contributed by atoms with van der Waals surface area (Å²) in [7, 11) is 0. The maximum absolute atomic E-state index is 6.00. The van der Waals surface area contributed by atoms with Crippen LogP contribution in [0.4, 0.5) is 5.82 Å². The molecule has 72 valence electrons. The van der Waals surface area contributed by atoms with Crippen molar-refractivity contribution in [2.45, 2.75) is 45.1 Å². The molecular formula is C10H17N3. The number of anilines is 1. The maximum Gasteiger partial charge on any atom is 0.126 e. The van der Waals surface area contributed by atoms with Crippen molar-refractivity contribution >= 4 is 5.82 Å². The van der Waals surface area contributed by atoms with Gasteiger partial charge in [0.05, 0.1) is 12.0 Å². The van der Waals surface area contributed by atoms with E-state index in [4.69, 9.17) is 5.73 Å². The Hall–Kier alpha value is -0.990. The molecule has 0 bridgehead atoms. The fourth-order valence-electron chi connectivity index (χ4n) is 1.82. The van der Waals surface area contributed by atoms with Crippen molar-refractivity contribution in [1.82, 2.24) is 9.55 Å². The molecule has 0 atom stereocenters. The molecule has 3 heteroatoms. The molecule has 1 aliphatic carbocycles. The van der Waals surface area contributed by atoms with Crippen LogP contribution in [-0.2, 0) is 6.54 Å². The molecule has 0 radical (unpaired) electrons. The third kappa shape index (κ3) is 1.43. The van der Waals surface area contributed by atoms with Gasteiger partial charge < -0.3 is 10.3 Å². The Morgan fingerprint density at radius 1 is 1.62 bits per heavy atom. The first-order valence-corrected chi connectivity index (χ1v) is 5.13. The van der Waals surface area contributed by atoms with Crippen molar-refractivity contribution in [3.8, 4) is 0 Å². The lowest BCUT2D eigenvalue weighted by atomic mass is 9.83. The number of rotatable bonds is 3. The van der Waals surface area contributed by atoms with Gasteiger partial charge in [-0.15, -0.1) is 0 Å². The molecule has 0 aliphatic heterocycles. The van der Waals surface area contributed by atoms with E-state index in [-0.39, 0.29) is 0 Å². The van der Waals surface area contributed by atoms with Crippen molar-refractivity contribution in [3.05, 3.63) is 12.0 Å². The maximum atomic E-state index is 6.00. The number of hydrogen-bond donors (Lipinski definition) is 1. The number of hydrogen-bond acceptors (Lipinski definition) is 2. The molecule has 1 saturated carbocycles. The molecule has 3 nitrogen and oxygen atoms in total. The number of aryl methyl sites for hydroxylation is 1. The molecule has 2 N–H and O–H groups in total. The van der Waals surface area contributed by atoms with Crippen molar-refractivity contribution < 1.29 is 0 Å². The Labute approximate surface area is 79.0 Å². The van der Waals surface area contributed by atoms with Gasteiger partial charge in [0.1, 0.15) is 5.82 Å². The van der Waals surface area contributed by atoms with Gasteiger partial charge in [0, 0.05) is 12.5 Å². The second kappa shape index (κ2) is 3.40. The van der Waals surface area contributed by atoms with E-state index in [0.717, 1.165) is 24.5 Å². The Morgan fingerprint density at radius 3 is 2.92 bits per heavy atom. The molecule has 0 amide bonds. The summed E-state index contributed by atoms with van der Waals surface area (Å²) in [5.74, 6) is 1.55. The zero-order chi connectivity index (χ0) is 9.26. The first-order valence-electron chi connectivity index (χ1n) is 5.13. The number of nitrogen functional groups attached to an aromatic ring is 1. The molecule has 1 heterocycles. The van der Waals surface area contributed by atoms with Crippen LogP contribution in [0.3, 0.4) is 0 Å². The number of aromatic nitrogens is 2. The lowest BCUT2D eigenvalue weighted by Crippen LogP contribution is -2.12. The van der Waals surface area contributed by atoms with E-state index in [0.29, 0.717) is 5.92 Å². The van der Waals surface area contributed by atoms with Crippen LogP contribution in [0.15, 0.2) is 6.33 Å². The fourth-order valence-corrected chi connectivity index (χ4v) is 1.82. The largest absolute Gasteiger partial charge is 0.384 e. The zero-order valence-corrected chi connectivity index (χ0v) is 8.16. The summed E-state index contributed by atoms with van der Waals surface area (Å²) in [6, 6.07) is 0. The van der Waals surface area contributed by atoms with E-state index >= 15 is 0 Å². The van der Waals surface area contributed by atoms with Crippen LogP contribution >= 0.6 is 0 Å². The standard InChI is InChI=1S/C10H17N3/c1-2-6-13-7-12-9(10(13)11)8-4-3-5-8/h7-8H,2-6,11H2,1H3. The molecule has 1 aliphatic rings. The average Bonchev–Trinajstić information content (AvgIpc) is 2.34. The minimum atomic E-state index is 0.651.